The van der Waals surface area contributed by atoms with E-state index in [4.69, 9.17) is 14.2 Å². The summed E-state index contributed by atoms with van der Waals surface area (Å²) in [5.74, 6) is -0.276. The van der Waals surface area contributed by atoms with Gasteiger partial charge in [0, 0.05) is 13.3 Å². The number of ether oxygens (including phenoxy) is 3. The molecule has 0 bridgehead atoms. The number of aryl methyl sites for hydroxylation is 1. The van der Waals surface area contributed by atoms with Crippen molar-refractivity contribution in [3.63, 3.8) is 0 Å². The average molecular weight is 290 g/mol. The minimum absolute atomic E-state index is 0.0111. The Morgan fingerprint density at radius 3 is 2.76 bits per heavy atom. The quantitative estimate of drug-likeness (QED) is 0.603. The Morgan fingerprint density at radius 1 is 1.33 bits per heavy atom. The molecule has 6 heteroatoms. The molecule has 6 nitrogen and oxygen atoms in total. The molecule has 0 aliphatic carbocycles. The third-order valence-electron chi connectivity index (χ3n) is 2.85. The maximum absolute atomic E-state index is 12.0. The molecule has 0 amide bonds. The summed E-state index contributed by atoms with van der Waals surface area (Å²) in [5, 5.41) is 4.30. The van der Waals surface area contributed by atoms with Crippen LogP contribution in [0.1, 0.15) is 22.8 Å². The molecule has 21 heavy (non-hydrogen) atoms. The number of carbonyl (C=O) groups is 1. The highest BCUT2D eigenvalue weighted by Crippen LogP contribution is 2.21. The van der Waals surface area contributed by atoms with Crippen LogP contribution in [0.4, 0.5) is 0 Å². The molecule has 0 atom stereocenters. The maximum atomic E-state index is 12.0. The summed E-state index contributed by atoms with van der Waals surface area (Å²) < 4.78 is 16.8. The van der Waals surface area contributed by atoms with Crippen LogP contribution in [0.15, 0.2) is 30.5 Å². The lowest BCUT2D eigenvalue weighted by Crippen LogP contribution is -2.07. The van der Waals surface area contributed by atoms with Gasteiger partial charge in [-0.3, -0.25) is 0 Å². The molecule has 1 aromatic heterocycles. The van der Waals surface area contributed by atoms with Crippen molar-refractivity contribution in [2.45, 2.75) is 13.8 Å². The first-order valence-corrected chi connectivity index (χ1v) is 6.62. The first-order valence-electron chi connectivity index (χ1n) is 6.62. The van der Waals surface area contributed by atoms with Crippen molar-refractivity contribution in [2.24, 2.45) is 0 Å². The maximum Gasteiger partial charge on any atom is 0.345 e. The van der Waals surface area contributed by atoms with Crippen LogP contribution < -0.4 is 4.74 Å². The minimum atomic E-state index is -0.469. The fourth-order valence-electron chi connectivity index (χ4n) is 1.87. The highest BCUT2D eigenvalue weighted by Gasteiger charge is 2.20. The molecule has 0 saturated heterocycles. The van der Waals surface area contributed by atoms with Gasteiger partial charge in [-0.25, -0.2) is 9.48 Å². The van der Waals surface area contributed by atoms with Gasteiger partial charge in [0.05, 0.1) is 12.3 Å². The number of nitrogens with zero attached hydrogens (tertiary/aromatic N) is 2. The van der Waals surface area contributed by atoms with Crippen LogP contribution >= 0.6 is 0 Å². The molecular weight excluding hydrogens is 272 g/mol. The highest BCUT2D eigenvalue weighted by molar-refractivity contribution is 5.91. The first-order chi connectivity index (χ1) is 10.2. The number of carbonyl (C=O) groups excluding carboxylic acids is 1. The average Bonchev–Trinajstić information content (AvgIpc) is 2.90. The monoisotopic (exact) mass is 290 g/mol. The van der Waals surface area contributed by atoms with Crippen LogP contribution in [-0.4, -0.2) is 36.3 Å². The third kappa shape index (κ3) is 3.41. The van der Waals surface area contributed by atoms with E-state index in [1.165, 1.54) is 7.11 Å². The van der Waals surface area contributed by atoms with Gasteiger partial charge in [-0.05, 0) is 25.5 Å². The van der Waals surface area contributed by atoms with Gasteiger partial charge in [0.15, 0.2) is 6.79 Å². The van der Waals surface area contributed by atoms with Crippen molar-refractivity contribution < 1.29 is 19.0 Å². The van der Waals surface area contributed by atoms with Gasteiger partial charge in [0.1, 0.15) is 5.56 Å². The topological polar surface area (TPSA) is 62.6 Å². The number of benzene rings is 1. The molecule has 0 fully saturated rings. The Bertz CT molecular complexity index is 622. The van der Waals surface area contributed by atoms with E-state index in [1.807, 2.05) is 31.2 Å². The van der Waals surface area contributed by atoms with Crippen molar-refractivity contribution in [1.29, 1.82) is 0 Å². The van der Waals surface area contributed by atoms with Gasteiger partial charge in [0.25, 0.3) is 0 Å². The molecular formula is C15H18N2O4. The second kappa shape index (κ2) is 6.90. The molecule has 1 aromatic carbocycles. The molecule has 2 rings (SSSR count). The fourth-order valence-corrected chi connectivity index (χ4v) is 1.87. The first kappa shape index (κ1) is 15.1. The molecule has 0 N–H and O–H groups in total. The molecule has 0 radical (unpaired) electrons. The molecule has 0 spiro atoms. The van der Waals surface area contributed by atoms with Crippen LogP contribution in [0.3, 0.4) is 0 Å². The van der Waals surface area contributed by atoms with Gasteiger partial charge >= 0.3 is 5.97 Å². The Labute approximate surface area is 123 Å². The summed E-state index contributed by atoms with van der Waals surface area (Å²) in [6.45, 7) is 4.02. The van der Waals surface area contributed by atoms with Crippen LogP contribution in [-0.2, 0) is 9.47 Å². The van der Waals surface area contributed by atoms with Crippen molar-refractivity contribution in [3.05, 3.63) is 41.6 Å². The SMILES string of the molecule is CCOC(=O)c1cn(-c2ccccc2C)nc1OCOC. The zero-order valence-corrected chi connectivity index (χ0v) is 12.3. The lowest BCUT2D eigenvalue weighted by Gasteiger charge is -2.04. The van der Waals surface area contributed by atoms with Gasteiger partial charge in [-0.2, -0.15) is 0 Å². The predicted octanol–water partition coefficient (Wildman–Crippen LogP) is 2.34. The Kier molecular flexibility index (Phi) is 4.94. The Balaban J connectivity index is 2.40. The predicted molar refractivity (Wildman–Crippen MR) is 76.8 cm³/mol. The second-order valence-corrected chi connectivity index (χ2v) is 4.35. The van der Waals surface area contributed by atoms with Crippen LogP contribution in [0, 0.1) is 6.92 Å². The Morgan fingerprint density at radius 2 is 2.10 bits per heavy atom. The highest BCUT2D eigenvalue weighted by atomic mass is 16.7. The number of hydrogen-bond donors (Lipinski definition) is 0. The zero-order valence-electron chi connectivity index (χ0n) is 12.3. The van der Waals surface area contributed by atoms with Crippen molar-refractivity contribution in [2.75, 3.05) is 20.5 Å². The summed E-state index contributed by atoms with van der Waals surface area (Å²) in [5.41, 5.74) is 2.18. The number of rotatable bonds is 6. The molecule has 0 unspecified atom stereocenters. The van der Waals surface area contributed by atoms with E-state index in [0.29, 0.717) is 0 Å². The van der Waals surface area contributed by atoms with Gasteiger partial charge in [0.2, 0.25) is 5.88 Å². The van der Waals surface area contributed by atoms with Gasteiger partial charge in [-0.15, -0.1) is 5.10 Å². The standard InChI is InChI=1S/C15H18N2O4/c1-4-20-15(18)12-9-17(16-14(12)21-10-19-3)13-8-6-5-7-11(13)2/h5-9H,4,10H2,1-3H3. The number of methoxy groups -OCH3 is 1. The summed E-state index contributed by atoms with van der Waals surface area (Å²) in [6.07, 6.45) is 1.60. The van der Waals surface area contributed by atoms with E-state index in [-0.39, 0.29) is 24.8 Å². The lowest BCUT2D eigenvalue weighted by molar-refractivity contribution is 0.0417. The summed E-state index contributed by atoms with van der Waals surface area (Å²) in [4.78, 5) is 12.0. The fraction of sp³-hybridized carbons (Fsp3) is 0.333. The van der Waals surface area contributed by atoms with E-state index in [9.17, 15) is 4.79 Å². The van der Waals surface area contributed by atoms with Crippen LogP contribution in [0.25, 0.3) is 5.69 Å². The summed E-state index contributed by atoms with van der Waals surface area (Å²) in [6, 6.07) is 7.73. The summed E-state index contributed by atoms with van der Waals surface area (Å²) in [7, 11) is 1.50. The normalized spacial score (nSPS) is 10.4. The number of hydrogen-bond acceptors (Lipinski definition) is 5. The number of esters is 1. The van der Waals surface area contributed by atoms with E-state index in [1.54, 1.807) is 17.8 Å². The molecule has 1 heterocycles. The number of para-hydroxylation sites is 1. The van der Waals surface area contributed by atoms with E-state index in [2.05, 4.69) is 5.10 Å². The smallest absolute Gasteiger partial charge is 0.345 e. The van der Waals surface area contributed by atoms with Gasteiger partial charge < -0.3 is 14.2 Å². The van der Waals surface area contributed by atoms with Crippen LogP contribution in [0.2, 0.25) is 0 Å². The van der Waals surface area contributed by atoms with E-state index in [0.717, 1.165) is 11.3 Å². The van der Waals surface area contributed by atoms with Crippen LogP contribution in [0.5, 0.6) is 5.88 Å². The van der Waals surface area contributed by atoms with Gasteiger partial charge in [-0.1, -0.05) is 18.2 Å². The second-order valence-electron chi connectivity index (χ2n) is 4.35. The van der Waals surface area contributed by atoms with Crippen molar-refractivity contribution >= 4 is 5.97 Å². The molecule has 112 valence electrons. The minimum Gasteiger partial charge on any atom is -0.462 e. The third-order valence-corrected chi connectivity index (χ3v) is 2.85. The largest absolute Gasteiger partial charge is 0.462 e. The molecule has 0 aliphatic rings. The van der Waals surface area contributed by atoms with Crippen molar-refractivity contribution in [1.82, 2.24) is 9.78 Å². The molecule has 0 saturated carbocycles. The van der Waals surface area contributed by atoms with Crippen molar-refractivity contribution in [3.8, 4) is 11.6 Å². The summed E-state index contributed by atoms with van der Waals surface area (Å²) >= 11 is 0. The van der Waals surface area contributed by atoms with E-state index < -0.39 is 5.97 Å². The lowest BCUT2D eigenvalue weighted by atomic mass is 10.2. The molecule has 2 aromatic rings. The zero-order chi connectivity index (χ0) is 15.2. The van der Waals surface area contributed by atoms with E-state index >= 15 is 0 Å². The number of aromatic nitrogens is 2. The molecule has 0 aliphatic heterocycles. The Hall–Kier alpha value is -2.34.